The molecule has 0 aromatic carbocycles. The molecule has 0 bridgehead atoms. The summed E-state index contributed by atoms with van der Waals surface area (Å²) in [4.78, 5) is 17.7. The number of nitrogens with zero attached hydrogens (tertiary/aromatic N) is 1. The van der Waals surface area contributed by atoms with Crippen LogP contribution in [0.4, 0.5) is 0 Å². The lowest BCUT2D eigenvalue weighted by atomic mass is 9.49. The van der Waals surface area contributed by atoms with Gasteiger partial charge in [0.05, 0.1) is 12.2 Å². The predicted octanol–water partition coefficient (Wildman–Crippen LogP) is 5.74. The van der Waals surface area contributed by atoms with E-state index in [9.17, 15) is 9.90 Å². The lowest BCUT2D eigenvalue weighted by Gasteiger charge is -2.57. The number of pyridine rings is 1. The standard InChI is InChI=1S/C27H39NO3S/c1-3-31-17-27(30)14-12-19-18(16-27)7-8-21-20(19)11-13-26(2)22(21)9-10-23(26)25(29)32-24-6-4-5-15-28-24/h4-6,15,18-23,30H,3,7-14,16-17H2,1-2H3/t18-,19+,20-,21-,22+,23-,26+,27-/m1/s1. The molecule has 5 heteroatoms. The van der Waals surface area contributed by atoms with Crippen LogP contribution in [0.1, 0.15) is 71.6 Å². The molecule has 0 aliphatic heterocycles. The van der Waals surface area contributed by atoms with Gasteiger partial charge in [0.25, 0.3) is 0 Å². The van der Waals surface area contributed by atoms with Crippen LogP contribution in [0.3, 0.4) is 0 Å². The van der Waals surface area contributed by atoms with Gasteiger partial charge in [-0.15, -0.1) is 0 Å². The van der Waals surface area contributed by atoms with E-state index < -0.39 is 5.60 Å². The molecule has 4 nitrogen and oxygen atoms in total. The summed E-state index contributed by atoms with van der Waals surface area (Å²) < 4.78 is 5.62. The fourth-order valence-electron chi connectivity index (χ4n) is 8.35. The highest BCUT2D eigenvalue weighted by molar-refractivity contribution is 8.13. The molecule has 4 aliphatic rings. The molecule has 5 rings (SSSR count). The van der Waals surface area contributed by atoms with E-state index in [0.29, 0.717) is 30.2 Å². The van der Waals surface area contributed by atoms with Gasteiger partial charge in [0.15, 0.2) is 5.12 Å². The van der Waals surface area contributed by atoms with E-state index in [1.165, 1.54) is 43.9 Å². The average Bonchev–Trinajstić information content (AvgIpc) is 3.15. The molecule has 1 aromatic heterocycles. The molecule has 0 unspecified atom stereocenters. The van der Waals surface area contributed by atoms with Crippen LogP contribution in [0.5, 0.6) is 0 Å². The third-order valence-corrected chi connectivity index (χ3v) is 10.7. The molecular formula is C27H39NO3S. The van der Waals surface area contributed by atoms with Crippen molar-refractivity contribution >= 4 is 16.9 Å². The highest BCUT2D eigenvalue weighted by Crippen LogP contribution is 2.65. The SMILES string of the molecule is CCOC[C@@]1(O)CC[C@H]2[C@H](CC[C@@H]3[C@@H]2CC[C@]2(C)[C@@H](C(=O)Sc4ccccn4)CC[C@@H]32)C1. The molecule has 8 atom stereocenters. The second kappa shape index (κ2) is 9.03. The van der Waals surface area contributed by atoms with Crippen LogP contribution in [0, 0.1) is 40.9 Å². The van der Waals surface area contributed by atoms with Crippen molar-refractivity contribution < 1.29 is 14.6 Å². The number of hydrogen-bond acceptors (Lipinski definition) is 5. The van der Waals surface area contributed by atoms with Gasteiger partial charge < -0.3 is 9.84 Å². The van der Waals surface area contributed by atoms with E-state index in [-0.39, 0.29) is 11.3 Å². The molecule has 0 spiro atoms. The number of ether oxygens (including phenoxy) is 1. The van der Waals surface area contributed by atoms with Crippen molar-refractivity contribution in [2.45, 2.75) is 82.3 Å². The first-order valence-corrected chi connectivity index (χ1v) is 13.7. The summed E-state index contributed by atoms with van der Waals surface area (Å²) in [5.74, 6) is 3.83. The first-order chi connectivity index (χ1) is 15.4. The van der Waals surface area contributed by atoms with Gasteiger partial charge in [0.1, 0.15) is 5.03 Å². The zero-order chi connectivity index (χ0) is 22.3. The second-order valence-electron chi connectivity index (χ2n) is 11.3. The number of hydrogen-bond donors (Lipinski definition) is 1. The Kier molecular flexibility index (Phi) is 6.45. The van der Waals surface area contributed by atoms with E-state index in [0.717, 1.165) is 48.5 Å². The van der Waals surface area contributed by atoms with E-state index in [1.807, 2.05) is 25.1 Å². The topological polar surface area (TPSA) is 59.4 Å². The molecule has 4 saturated carbocycles. The number of aromatic nitrogens is 1. The van der Waals surface area contributed by atoms with Crippen LogP contribution in [0.2, 0.25) is 0 Å². The maximum atomic E-state index is 13.3. The Labute approximate surface area is 197 Å². The summed E-state index contributed by atoms with van der Waals surface area (Å²) in [6.07, 6.45) is 12.0. The van der Waals surface area contributed by atoms with Gasteiger partial charge in [-0.2, -0.15) is 0 Å². The monoisotopic (exact) mass is 457 g/mol. The molecule has 1 heterocycles. The Morgan fingerprint density at radius 2 is 1.97 bits per heavy atom. The van der Waals surface area contributed by atoms with Crippen molar-refractivity contribution in [2.24, 2.45) is 40.9 Å². The summed E-state index contributed by atoms with van der Waals surface area (Å²) >= 11 is 1.36. The molecule has 0 saturated heterocycles. The first-order valence-electron chi connectivity index (χ1n) is 12.9. The van der Waals surface area contributed by atoms with Gasteiger partial charge in [-0.3, -0.25) is 4.79 Å². The number of carbonyl (C=O) groups excluding carboxylic acids is 1. The minimum Gasteiger partial charge on any atom is -0.387 e. The Hall–Kier alpha value is -0.910. The molecule has 1 N–H and O–H groups in total. The smallest absolute Gasteiger partial charge is 0.198 e. The minimum atomic E-state index is -0.610. The summed E-state index contributed by atoms with van der Waals surface area (Å²) in [5.41, 5.74) is -0.460. The van der Waals surface area contributed by atoms with Gasteiger partial charge in [0.2, 0.25) is 0 Å². The molecular weight excluding hydrogens is 418 g/mol. The van der Waals surface area contributed by atoms with Gasteiger partial charge in [-0.05, 0) is 124 Å². The molecule has 32 heavy (non-hydrogen) atoms. The Balaban J connectivity index is 1.27. The van der Waals surface area contributed by atoms with Crippen molar-refractivity contribution in [2.75, 3.05) is 13.2 Å². The van der Waals surface area contributed by atoms with Crippen molar-refractivity contribution in [3.05, 3.63) is 24.4 Å². The highest BCUT2D eigenvalue weighted by Gasteiger charge is 2.59. The zero-order valence-electron chi connectivity index (χ0n) is 19.7. The van der Waals surface area contributed by atoms with Crippen molar-refractivity contribution in [3.8, 4) is 0 Å². The Bertz CT molecular complexity index is 818. The maximum Gasteiger partial charge on any atom is 0.198 e. The number of thioether (sulfide) groups is 1. The van der Waals surface area contributed by atoms with Gasteiger partial charge >= 0.3 is 0 Å². The molecule has 1 aromatic rings. The predicted molar refractivity (Wildman–Crippen MR) is 127 cm³/mol. The highest BCUT2D eigenvalue weighted by atomic mass is 32.2. The van der Waals surface area contributed by atoms with E-state index >= 15 is 0 Å². The van der Waals surface area contributed by atoms with Crippen LogP contribution >= 0.6 is 11.8 Å². The Morgan fingerprint density at radius 1 is 1.12 bits per heavy atom. The van der Waals surface area contributed by atoms with E-state index in [1.54, 1.807) is 6.20 Å². The van der Waals surface area contributed by atoms with Crippen LogP contribution in [-0.2, 0) is 9.53 Å². The summed E-state index contributed by atoms with van der Waals surface area (Å²) in [6, 6.07) is 5.82. The van der Waals surface area contributed by atoms with Crippen molar-refractivity contribution in [1.29, 1.82) is 0 Å². The number of fused-ring (bicyclic) bond motifs is 5. The fraction of sp³-hybridized carbons (Fsp3) is 0.778. The fourth-order valence-corrected chi connectivity index (χ4v) is 9.35. The summed E-state index contributed by atoms with van der Waals surface area (Å²) in [5, 5.41) is 12.2. The maximum absolute atomic E-state index is 13.3. The van der Waals surface area contributed by atoms with Crippen molar-refractivity contribution in [1.82, 2.24) is 4.98 Å². The lowest BCUT2D eigenvalue weighted by molar-refractivity contribution is -0.133. The molecule has 4 aliphatic carbocycles. The second-order valence-corrected chi connectivity index (χ2v) is 12.3. The summed E-state index contributed by atoms with van der Waals surface area (Å²) in [7, 11) is 0. The number of rotatable bonds is 5. The van der Waals surface area contributed by atoms with Crippen molar-refractivity contribution in [3.63, 3.8) is 0 Å². The average molecular weight is 458 g/mol. The van der Waals surface area contributed by atoms with Crippen LogP contribution in [0.15, 0.2) is 29.4 Å². The molecule has 176 valence electrons. The van der Waals surface area contributed by atoms with E-state index in [2.05, 4.69) is 11.9 Å². The third-order valence-electron chi connectivity index (χ3n) is 9.81. The molecule has 0 amide bonds. The largest absolute Gasteiger partial charge is 0.387 e. The third kappa shape index (κ3) is 4.07. The lowest BCUT2D eigenvalue weighted by Crippen LogP contribution is -2.52. The normalized spacial score (nSPS) is 43.2. The van der Waals surface area contributed by atoms with Gasteiger partial charge in [-0.25, -0.2) is 4.98 Å². The van der Waals surface area contributed by atoms with Crippen LogP contribution in [0.25, 0.3) is 0 Å². The molecule has 0 radical (unpaired) electrons. The van der Waals surface area contributed by atoms with Crippen LogP contribution < -0.4 is 0 Å². The quantitative estimate of drug-likeness (QED) is 0.572. The first kappa shape index (κ1) is 22.9. The van der Waals surface area contributed by atoms with Crippen LogP contribution in [-0.4, -0.2) is 34.0 Å². The van der Waals surface area contributed by atoms with Gasteiger partial charge in [-0.1, -0.05) is 13.0 Å². The zero-order valence-corrected chi connectivity index (χ0v) is 20.5. The van der Waals surface area contributed by atoms with Gasteiger partial charge in [0, 0.05) is 18.7 Å². The Morgan fingerprint density at radius 3 is 2.75 bits per heavy atom. The minimum absolute atomic E-state index is 0.150. The molecule has 4 fully saturated rings. The van der Waals surface area contributed by atoms with E-state index in [4.69, 9.17) is 4.74 Å². The summed E-state index contributed by atoms with van der Waals surface area (Å²) in [6.45, 7) is 5.61. The number of aliphatic hydroxyl groups is 1. The number of carbonyl (C=O) groups is 1.